The number of likely N-dealkylation sites (tertiary alicyclic amines) is 1. The lowest BCUT2D eigenvalue weighted by Gasteiger charge is -2.37. The van der Waals surface area contributed by atoms with E-state index >= 15 is 0 Å². The number of ether oxygens (including phenoxy) is 2. The number of amides is 1. The fraction of sp³-hybridized carbons (Fsp3) is 0.435. The second kappa shape index (κ2) is 8.86. The van der Waals surface area contributed by atoms with Gasteiger partial charge in [-0.25, -0.2) is 0 Å². The van der Waals surface area contributed by atoms with E-state index in [9.17, 15) is 4.79 Å². The third kappa shape index (κ3) is 4.61. The van der Waals surface area contributed by atoms with Gasteiger partial charge in [0.05, 0.1) is 19.8 Å². The quantitative estimate of drug-likeness (QED) is 0.770. The van der Waals surface area contributed by atoms with E-state index in [0.29, 0.717) is 26.2 Å². The number of piperidine rings is 1. The van der Waals surface area contributed by atoms with E-state index in [1.54, 1.807) is 0 Å². The number of nitrogens with zero attached hydrogens (tertiary/aromatic N) is 2. The Labute approximate surface area is 166 Å². The highest BCUT2D eigenvalue weighted by Gasteiger charge is 2.39. The number of carbonyl (C=O) groups is 1. The topological polar surface area (TPSA) is 42.0 Å². The molecule has 1 spiro atoms. The molecule has 2 aliphatic rings. The van der Waals surface area contributed by atoms with Crippen molar-refractivity contribution in [2.75, 3.05) is 37.7 Å². The molecule has 5 nitrogen and oxygen atoms in total. The fourth-order valence-corrected chi connectivity index (χ4v) is 3.99. The first kappa shape index (κ1) is 19.1. The van der Waals surface area contributed by atoms with Crippen LogP contribution in [0.3, 0.4) is 0 Å². The molecule has 0 unspecified atom stereocenters. The largest absolute Gasteiger partial charge is 0.347 e. The van der Waals surface area contributed by atoms with Crippen molar-refractivity contribution in [3.8, 4) is 0 Å². The van der Waals surface area contributed by atoms with E-state index in [4.69, 9.17) is 9.47 Å². The fourth-order valence-electron chi connectivity index (χ4n) is 3.99. The van der Waals surface area contributed by atoms with Gasteiger partial charge in [0, 0.05) is 44.6 Å². The van der Waals surface area contributed by atoms with Crippen LogP contribution >= 0.6 is 0 Å². The molecule has 0 aliphatic carbocycles. The first-order valence-corrected chi connectivity index (χ1v) is 10.1. The van der Waals surface area contributed by atoms with Crippen LogP contribution in [0.5, 0.6) is 0 Å². The van der Waals surface area contributed by atoms with E-state index in [0.717, 1.165) is 43.7 Å². The van der Waals surface area contributed by atoms with Crippen LogP contribution in [-0.2, 0) is 20.8 Å². The van der Waals surface area contributed by atoms with E-state index in [-0.39, 0.29) is 11.7 Å². The second-order valence-corrected chi connectivity index (χ2v) is 7.50. The number of hydrogen-bond donors (Lipinski definition) is 0. The van der Waals surface area contributed by atoms with Gasteiger partial charge >= 0.3 is 0 Å². The molecule has 2 aromatic rings. The minimum Gasteiger partial charge on any atom is -0.347 e. The summed E-state index contributed by atoms with van der Waals surface area (Å²) in [5.74, 6) is -0.201. The van der Waals surface area contributed by atoms with Gasteiger partial charge in [0.25, 0.3) is 0 Å². The van der Waals surface area contributed by atoms with E-state index in [1.807, 2.05) is 53.4 Å². The van der Waals surface area contributed by atoms with Crippen LogP contribution in [0.1, 0.15) is 24.8 Å². The predicted molar refractivity (Wildman–Crippen MR) is 109 cm³/mol. The zero-order chi connectivity index (χ0) is 19.2. The molecule has 0 N–H and O–H groups in total. The van der Waals surface area contributed by atoms with Crippen molar-refractivity contribution < 1.29 is 14.3 Å². The standard InChI is InChI=1S/C23H28N2O3/c26-22(11-14-24-15-12-23(13-16-24)27-17-18-28-23)25(21-9-5-2-6-10-21)19-20-7-3-1-4-8-20/h1-10H,11-19H2. The molecule has 4 rings (SSSR count). The normalized spacial score (nSPS) is 19.0. The number of anilines is 1. The van der Waals surface area contributed by atoms with Gasteiger partial charge in [0.15, 0.2) is 5.79 Å². The van der Waals surface area contributed by atoms with Crippen molar-refractivity contribution in [2.45, 2.75) is 31.6 Å². The lowest BCUT2D eigenvalue weighted by Crippen LogP contribution is -2.46. The summed E-state index contributed by atoms with van der Waals surface area (Å²) < 4.78 is 11.6. The Bertz CT molecular complexity index is 750. The lowest BCUT2D eigenvalue weighted by atomic mass is 10.0. The summed E-state index contributed by atoms with van der Waals surface area (Å²) in [6.07, 6.45) is 2.28. The van der Waals surface area contributed by atoms with Crippen molar-refractivity contribution in [2.24, 2.45) is 0 Å². The Balaban J connectivity index is 1.36. The van der Waals surface area contributed by atoms with Crippen LogP contribution in [0.2, 0.25) is 0 Å². The average Bonchev–Trinajstić information content (AvgIpc) is 3.21. The van der Waals surface area contributed by atoms with E-state index < -0.39 is 0 Å². The zero-order valence-corrected chi connectivity index (χ0v) is 16.3. The summed E-state index contributed by atoms with van der Waals surface area (Å²) in [6, 6.07) is 20.1. The Kier molecular flexibility index (Phi) is 6.05. The molecule has 2 aliphatic heterocycles. The van der Waals surface area contributed by atoms with Crippen LogP contribution in [0.25, 0.3) is 0 Å². The molecule has 2 heterocycles. The highest BCUT2D eigenvalue weighted by Crippen LogP contribution is 2.31. The molecule has 0 bridgehead atoms. The van der Waals surface area contributed by atoms with Crippen molar-refractivity contribution in [3.05, 3.63) is 66.2 Å². The number of para-hydroxylation sites is 1. The first-order chi connectivity index (χ1) is 13.7. The number of hydrogen-bond acceptors (Lipinski definition) is 4. The molecule has 148 valence electrons. The van der Waals surface area contributed by atoms with Crippen molar-refractivity contribution in [1.29, 1.82) is 0 Å². The molecule has 5 heteroatoms. The molecule has 2 aromatic carbocycles. The molecular formula is C23H28N2O3. The minimum atomic E-state index is -0.357. The maximum absolute atomic E-state index is 13.1. The highest BCUT2D eigenvalue weighted by molar-refractivity contribution is 5.93. The van der Waals surface area contributed by atoms with Gasteiger partial charge in [0.1, 0.15) is 0 Å². The molecule has 0 aromatic heterocycles. The van der Waals surface area contributed by atoms with Crippen molar-refractivity contribution in [1.82, 2.24) is 4.90 Å². The Morgan fingerprint density at radius 3 is 2.18 bits per heavy atom. The summed E-state index contributed by atoms with van der Waals surface area (Å²) >= 11 is 0. The summed E-state index contributed by atoms with van der Waals surface area (Å²) in [7, 11) is 0. The summed E-state index contributed by atoms with van der Waals surface area (Å²) in [5, 5.41) is 0. The van der Waals surface area contributed by atoms with Gasteiger partial charge in [-0.2, -0.15) is 0 Å². The number of benzene rings is 2. The maximum Gasteiger partial charge on any atom is 0.228 e. The summed E-state index contributed by atoms with van der Waals surface area (Å²) in [5.41, 5.74) is 2.08. The molecule has 28 heavy (non-hydrogen) atoms. The van der Waals surface area contributed by atoms with Gasteiger partial charge in [-0.05, 0) is 17.7 Å². The first-order valence-electron chi connectivity index (χ1n) is 10.1. The number of rotatable bonds is 6. The van der Waals surface area contributed by atoms with Gasteiger partial charge in [-0.3, -0.25) is 4.79 Å². The average molecular weight is 380 g/mol. The van der Waals surface area contributed by atoms with Crippen molar-refractivity contribution in [3.63, 3.8) is 0 Å². The molecular weight excluding hydrogens is 352 g/mol. The molecule has 0 atom stereocenters. The molecule has 0 saturated carbocycles. The van der Waals surface area contributed by atoms with Crippen LogP contribution in [0, 0.1) is 0 Å². The third-order valence-corrected chi connectivity index (χ3v) is 5.63. The van der Waals surface area contributed by atoms with Crippen LogP contribution in [0.15, 0.2) is 60.7 Å². The highest BCUT2D eigenvalue weighted by atomic mass is 16.7. The van der Waals surface area contributed by atoms with Gasteiger partial charge in [-0.1, -0.05) is 48.5 Å². The zero-order valence-electron chi connectivity index (χ0n) is 16.3. The maximum atomic E-state index is 13.1. The summed E-state index contributed by atoms with van der Waals surface area (Å²) in [6.45, 7) is 4.59. The van der Waals surface area contributed by atoms with Gasteiger partial charge in [0.2, 0.25) is 5.91 Å². The predicted octanol–water partition coefficient (Wildman–Crippen LogP) is 3.45. The summed E-state index contributed by atoms with van der Waals surface area (Å²) in [4.78, 5) is 17.3. The van der Waals surface area contributed by atoms with Crippen LogP contribution < -0.4 is 4.90 Å². The van der Waals surface area contributed by atoms with Gasteiger partial charge < -0.3 is 19.3 Å². The second-order valence-electron chi connectivity index (χ2n) is 7.50. The van der Waals surface area contributed by atoms with Crippen LogP contribution in [0.4, 0.5) is 5.69 Å². The van der Waals surface area contributed by atoms with Gasteiger partial charge in [-0.15, -0.1) is 0 Å². The SMILES string of the molecule is O=C(CCN1CCC2(CC1)OCCO2)N(Cc1ccccc1)c1ccccc1. The molecule has 0 radical (unpaired) electrons. The van der Waals surface area contributed by atoms with Crippen LogP contribution in [-0.4, -0.2) is 49.4 Å². The third-order valence-electron chi connectivity index (χ3n) is 5.63. The van der Waals surface area contributed by atoms with Crippen molar-refractivity contribution >= 4 is 11.6 Å². The monoisotopic (exact) mass is 380 g/mol. The molecule has 2 fully saturated rings. The molecule has 1 amide bonds. The minimum absolute atomic E-state index is 0.156. The number of carbonyl (C=O) groups excluding carboxylic acids is 1. The van der Waals surface area contributed by atoms with E-state index in [1.165, 1.54) is 0 Å². The molecule has 2 saturated heterocycles. The Morgan fingerprint density at radius 1 is 0.929 bits per heavy atom. The lowest BCUT2D eigenvalue weighted by molar-refractivity contribution is -0.185. The van der Waals surface area contributed by atoms with E-state index in [2.05, 4.69) is 17.0 Å². The Morgan fingerprint density at radius 2 is 1.54 bits per heavy atom. The smallest absolute Gasteiger partial charge is 0.228 e. The Hall–Kier alpha value is -2.21.